The second-order valence-electron chi connectivity index (χ2n) is 20.6. The van der Waals surface area contributed by atoms with E-state index in [-0.39, 0.29) is 56.9 Å². The molecule has 7 rings (SSSR count). The van der Waals surface area contributed by atoms with Crippen LogP contribution in [-0.4, -0.2) is 143 Å². The van der Waals surface area contributed by atoms with Gasteiger partial charge in [-0.2, -0.15) is 0 Å². The molecule has 358 valence electrons. The Balaban J connectivity index is 0.00000256. The van der Waals surface area contributed by atoms with Gasteiger partial charge in [0, 0.05) is 17.3 Å². The number of hydrogen-bond acceptors (Lipinski definition) is 14. The zero-order valence-electron chi connectivity index (χ0n) is 36.8. The lowest BCUT2D eigenvalue weighted by Gasteiger charge is -2.70. The third-order valence-corrected chi connectivity index (χ3v) is 17.2. The fourth-order valence-electron chi connectivity index (χ4n) is 13.4. The Labute approximate surface area is 360 Å². The number of quaternary nitrogens is 1. The number of carboxylic acids is 3. The summed E-state index contributed by atoms with van der Waals surface area (Å²) >= 11 is 0. The van der Waals surface area contributed by atoms with E-state index in [2.05, 4.69) is 27.7 Å². The molecule has 2 heterocycles. The van der Waals surface area contributed by atoms with Crippen LogP contribution in [0.15, 0.2) is 11.6 Å². The largest absolute Gasteiger partial charge is 0.550 e. The Morgan fingerprint density at radius 3 is 1.82 bits per heavy atom. The van der Waals surface area contributed by atoms with Crippen molar-refractivity contribution in [2.24, 2.45) is 50.2 Å². The Bertz CT molecular complexity index is 1740. The maximum Gasteiger partial charge on any atom is 0.335 e. The van der Waals surface area contributed by atoms with Gasteiger partial charge >= 0.3 is 11.9 Å². The van der Waals surface area contributed by atoms with Crippen LogP contribution in [0.25, 0.3) is 0 Å². The first-order valence-electron chi connectivity index (χ1n) is 20.7. The quantitative estimate of drug-likeness (QED) is 0.139. The van der Waals surface area contributed by atoms with Gasteiger partial charge in [0.05, 0.1) is 6.10 Å². The summed E-state index contributed by atoms with van der Waals surface area (Å²) in [6.45, 7) is 14.7. The molecule has 0 spiro atoms. The SMILES string of the molecule is CC1(C)C2CC[C@]3(C)C(C(=O)C=C4[C@@H]5C[C@@](C)(C(=O)[O-])CC[C@]5(C)CC[C@]43C)[C@@]2(C)CC[C@@H]1O[C@H]1O[C@H](C(=O)O)[C@@H](O)[C@H](O)[C@H]1O[C@H]1O[C@@H](C(=O)O)[C@H](O)[C@@H](O)C1O.O.O.O.[NH4+]. The average Bonchev–Trinajstić information content (AvgIpc) is 3.13. The minimum Gasteiger partial charge on any atom is -0.550 e. The van der Waals surface area contributed by atoms with Crippen molar-refractivity contribution in [3.63, 3.8) is 0 Å². The fourth-order valence-corrected chi connectivity index (χ4v) is 13.4. The van der Waals surface area contributed by atoms with Crippen LogP contribution in [0, 0.1) is 50.2 Å². The zero-order valence-corrected chi connectivity index (χ0v) is 36.8. The zero-order chi connectivity index (χ0) is 42.9. The lowest BCUT2D eigenvalue weighted by molar-refractivity contribution is -0.371. The minimum absolute atomic E-state index is 0. The smallest absolute Gasteiger partial charge is 0.335 e. The summed E-state index contributed by atoms with van der Waals surface area (Å²) in [5.74, 6) is -4.80. The Hall–Kier alpha value is -2.70. The molecule has 7 aliphatic rings. The number of aliphatic hydroxyl groups is 5. The van der Waals surface area contributed by atoms with Crippen molar-refractivity contribution in [2.75, 3.05) is 0 Å². The van der Waals surface area contributed by atoms with Gasteiger partial charge in [-0.1, -0.05) is 54.0 Å². The Morgan fingerprint density at radius 2 is 1.26 bits per heavy atom. The van der Waals surface area contributed by atoms with Crippen molar-refractivity contribution in [3.8, 4) is 0 Å². The minimum atomic E-state index is -2.05. The van der Waals surface area contributed by atoms with Gasteiger partial charge in [0.25, 0.3) is 0 Å². The molecule has 0 aromatic heterocycles. The molecule has 2 aliphatic heterocycles. The molecule has 0 bridgehead atoms. The second kappa shape index (κ2) is 17.6. The van der Waals surface area contributed by atoms with E-state index in [4.69, 9.17) is 18.9 Å². The van der Waals surface area contributed by atoms with Gasteiger partial charge in [0.1, 0.15) is 36.6 Å². The maximum absolute atomic E-state index is 14.8. The van der Waals surface area contributed by atoms with Crippen LogP contribution < -0.4 is 11.3 Å². The number of aliphatic carboxylic acids is 3. The highest BCUT2D eigenvalue weighted by Crippen LogP contribution is 2.75. The summed E-state index contributed by atoms with van der Waals surface area (Å²) in [5, 5.41) is 85.1. The first kappa shape index (κ1) is 53.6. The first-order chi connectivity index (χ1) is 26.8. The summed E-state index contributed by atoms with van der Waals surface area (Å²) in [5.41, 5.74) is -2.03. The van der Waals surface area contributed by atoms with Crippen molar-refractivity contribution < 1.29 is 95.4 Å². The van der Waals surface area contributed by atoms with Crippen LogP contribution in [0.4, 0.5) is 0 Å². The summed E-state index contributed by atoms with van der Waals surface area (Å²) in [6.07, 6.45) is -12.5. The van der Waals surface area contributed by atoms with Gasteiger partial charge < -0.3 is 87.2 Å². The number of carboxylic acid groups (broad SMARTS) is 3. The summed E-state index contributed by atoms with van der Waals surface area (Å²) < 4.78 is 23.4. The van der Waals surface area contributed by atoms with E-state index in [0.29, 0.717) is 38.5 Å². The Morgan fingerprint density at radius 1 is 0.710 bits per heavy atom. The third kappa shape index (κ3) is 7.73. The number of ether oxygens (including phenoxy) is 4. The number of aliphatic hydroxyl groups excluding tert-OH is 5. The molecule has 6 fully saturated rings. The lowest BCUT2D eigenvalue weighted by Crippen LogP contribution is -2.68. The van der Waals surface area contributed by atoms with Gasteiger partial charge in [-0.3, -0.25) is 4.79 Å². The van der Waals surface area contributed by atoms with Gasteiger partial charge in [0.2, 0.25) is 0 Å². The van der Waals surface area contributed by atoms with E-state index in [0.717, 1.165) is 24.8 Å². The fraction of sp³-hybridized carbons (Fsp3) is 0.857. The molecule has 19 atom stereocenters. The number of allylic oxidation sites excluding steroid dienone is 2. The summed E-state index contributed by atoms with van der Waals surface area (Å²) in [6, 6.07) is 0. The van der Waals surface area contributed by atoms with Crippen LogP contribution >= 0.6 is 0 Å². The molecular formula is C42H71NO19. The molecule has 5 aliphatic carbocycles. The van der Waals surface area contributed by atoms with E-state index >= 15 is 0 Å². The van der Waals surface area contributed by atoms with Gasteiger partial charge in [0.15, 0.2) is 30.6 Å². The molecule has 20 nitrogen and oxygen atoms in total. The van der Waals surface area contributed by atoms with Crippen LogP contribution in [0.1, 0.15) is 106 Å². The maximum atomic E-state index is 14.8. The molecular weight excluding hydrogens is 822 g/mol. The molecule has 4 saturated carbocycles. The van der Waals surface area contributed by atoms with E-state index in [1.165, 1.54) is 0 Å². The van der Waals surface area contributed by atoms with Gasteiger partial charge in [-0.25, -0.2) is 9.59 Å². The lowest BCUT2D eigenvalue weighted by atomic mass is 9.33. The monoisotopic (exact) mass is 893 g/mol. The van der Waals surface area contributed by atoms with Gasteiger partial charge in [-0.15, -0.1) is 0 Å². The molecule has 62 heavy (non-hydrogen) atoms. The molecule has 3 unspecified atom stereocenters. The van der Waals surface area contributed by atoms with E-state index in [1.54, 1.807) is 6.92 Å². The molecule has 2 saturated heterocycles. The molecule has 0 amide bonds. The normalized spacial score (nSPS) is 49.2. The topological polar surface area (TPSA) is 401 Å². The summed E-state index contributed by atoms with van der Waals surface area (Å²) in [4.78, 5) is 51.2. The Kier molecular flexibility index (Phi) is 15.2. The highest BCUT2D eigenvalue weighted by Gasteiger charge is 2.70. The average molecular weight is 894 g/mol. The van der Waals surface area contributed by atoms with Crippen molar-refractivity contribution in [2.45, 2.75) is 174 Å². The number of fused-ring (bicyclic) bond motifs is 7. The van der Waals surface area contributed by atoms with Crippen LogP contribution in [0.2, 0.25) is 0 Å². The highest BCUT2D eigenvalue weighted by molar-refractivity contribution is 5.95. The van der Waals surface area contributed by atoms with Crippen LogP contribution in [0.3, 0.4) is 0 Å². The van der Waals surface area contributed by atoms with E-state index in [1.807, 2.05) is 19.9 Å². The van der Waals surface area contributed by atoms with Crippen LogP contribution in [0.5, 0.6) is 0 Å². The van der Waals surface area contributed by atoms with Gasteiger partial charge in [-0.05, 0) is 103 Å². The van der Waals surface area contributed by atoms with E-state index < -0.39 is 107 Å². The number of carbonyl (C=O) groups excluding carboxylic acids is 2. The third-order valence-electron chi connectivity index (χ3n) is 17.2. The van der Waals surface area contributed by atoms with Crippen molar-refractivity contribution >= 4 is 23.7 Å². The van der Waals surface area contributed by atoms with Crippen LogP contribution in [-0.2, 0) is 38.1 Å². The number of ketones is 1. The second-order valence-corrected chi connectivity index (χ2v) is 20.6. The predicted octanol–water partition coefficient (Wildman–Crippen LogP) is -1.19. The summed E-state index contributed by atoms with van der Waals surface area (Å²) in [7, 11) is 0. The number of hydrogen-bond donors (Lipinski definition) is 8. The molecule has 17 N–H and O–H groups in total. The molecule has 0 radical (unpaired) electrons. The van der Waals surface area contributed by atoms with Crippen molar-refractivity contribution in [1.82, 2.24) is 6.15 Å². The number of carbonyl (C=O) groups is 4. The molecule has 20 heteroatoms. The number of rotatable bonds is 7. The standard InChI is InChI=1S/C42H62O16.H3N.3H2O/c1-37(2)21-8-11-42(7)31(20(43)16-18-19-17-39(4,36(53)54)13-12-38(19,3)14-15-41(18,42)6)40(21,5)10-9-22(37)55-35-30(26(47)25(46)29(57-35)33(51)52)58-34-27(48)23(44)24(45)28(56-34)32(49)50;;;;/h16,19,21-31,34-35,44-48H,8-15,17H2,1-7H3,(H,49,50)(H,51,52)(H,53,54);1H3;3*1H2/t19-,21?,22-,23+,24+,25-,26-,27?,28+,29-,30+,31?,34+,35-,38+,39-,40-,41+,42+;;;;/m0..../s1. The highest BCUT2D eigenvalue weighted by atomic mass is 16.8. The first-order valence-corrected chi connectivity index (χ1v) is 20.7. The van der Waals surface area contributed by atoms with E-state index in [9.17, 15) is 60.0 Å². The predicted molar refractivity (Wildman–Crippen MR) is 214 cm³/mol. The van der Waals surface area contributed by atoms with Crippen molar-refractivity contribution in [1.29, 1.82) is 0 Å². The molecule has 0 aromatic carbocycles. The van der Waals surface area contributed by atoms with Crippen molar-refractivity contribution in [3.05, 3.63) is 11.6 Å². The molecule has 0 aromatic rings.